The standard InChI is InChI=1S/C28H41N3O5S/c1-6-19-29-28(33)26(7-2)30(21-23-13-10-9-12-22(23)4)27(32)14-11-20-31(37(5,34)35)24-15-17-25(18-16-24)36-8-3/h9-10,12-13,15-18,26H,6-8,11,14,19-21H2,1-5H3,(H,29,33)/t26-/m1/s1. The summed E-state index contributed by atoms with van der Waals surface area (Å²) in [5.74, 6) is 0.314. The van der Waals surface area contributed by atoms with E-state index in [2.05, 4.69) is 5.32 Å². The fourth-order valence-electron chi connectivity index (χ4n) is 4.14. The van der Waals surface area contributed by atoms with Crippen molar-refractivity contribution in [3.05, 3.63) is 59.7 Å². The van der Waals surface area contributed by atoms with E-state index >= 15 is 0 Å². The molecule has 2 rings (SSSR count). The number of aryl methyl sites for hydroxylation is 1. The monoisotopic (exact) mass is 531 g/mol. The minimum absolute atomic E-state index is 0.118. The smallest absolute Gasteiger partial charge is 0.242 e. The van der Waals surface area contributed by atoms with E-state index in [0.29, 0.717) is 44.0 Å². The fourth-order valence-corrected chi connectivity index (χ4v) is 5.10. The Kier molecular flexibility index (Phi) is 11.9. The van der Waals surface area contributed by atoms with Crippen molar-refractivity contribution in [2.24, 2.45) is 0 Å². The van der Waals surface area contributed by atoms with Gasteiger partial charge in [-0.25, -0.2) is 8.42 Å². The third-order valence-corrected chi connectivity index (χ3v) is 7.32. The van der Waals surface area contributed by atoms with Gasteiger partial charge in [-0.05, 0) is 68.5 Å². The average Bonchev–Trinajstić information content (AvgIpc) is 2.86. The number of nitrogens with zero attached hydrogens (tertiary/aromatic N) is 2. The molecule has 0 aliphatic rings. The van der Waals surface area contributed by atoms with Crippen LogP contribution in [0.2, 0.25) is 0 Å². The molecule has 0 radical (unpaired) electrons. The highest BCUT2D eigenvalue weighted by Gasteiger charge is 2.29. The molecular weight excluding hydrogens is 490 g/mol. The zero-order chi connectivity index (χ0) is 27.4. The zero-order valence-electron chi connectivity index (χ0n) is 22.7. The Bertz CT molecular complexity index is 1120. The molecule has 1 N–H and O–H groups in total. The van der Waals surface area contributed by atoms with Crippen molar-refractivity contribution >= 4 is 27.5 Å². The normalized spacial score (nSPS) is 12.0. The molecule has 1 atom stereocenters. The molecule has 0 aromatic heterocycles. The number of benzene rings is 2. The van der Waals surface area contributed by atoms with E-state index in [0.717, 1.165) is 23.8 Å². The zero-order valence-corrected chi connectivity index (χ0v) is 23.5. The van der Waals surface area contributed by atoms with E-state index in [4.69, 9.17) is 4.74 Å². The van der Waals surface area contributed by atoms with Gasteiger partial charge in [0.25, 0.3) is 0 Å². The Morgan fingerprint density at radius 3 is 2.27 bits per heavy atom. The molecular formula is C28H41N3O5S. The van der Waals surface area contributed by atoms with Crippen LogP contribution in [0.4, 0.5) is 5.69 Å². The lowest BCUT2D eigenvalue weighted by atomic mass is 10.1. The summed E-state index contributed by atoms with van der Waals surface area (Å²) in [7, 11) is -3.56. The summed E-state index contributed by atoms with van der Waals surface area (Å²) in [4.78, 5) is 28.0. The van der Waals surface area contributed by atoms with Crippen molar-refractivity contribution in [3.8, 4) is 5.75 Å². The first-order valence-electron chi connectivity index (χ1n) is 12.9. The molecule has 204 valence electrons. The van der Waals surface area contributed by atoms with Gasteiger partial charge in [0.05, 0.1) is 18.6 Å². The van der Waals surface area contributed by atoms with Gasteiger partial charge in [0.1, 0.15) is 11.8 Å². The molecule has 0 bridgehead atoms. The number of amides is 2. The molecule has 0 saturated heterocycles. The van der Waals surface area contributed by atoms with Crippen molar-refractivity contribution in [1.29, 1.82) is 0 Å². The molecule has 37 heavy (non-hydrogen) atoms. The van der Waals surface area contributed by atoms with E-state index in [-0.39, 0.29) is 24.8 Å². The van der Waals surface area contributed by atoms with Crippen LogP contribution >= 0.6 is 0 Å². The van der Waals surface area contributed by atoms with Crippen molar-refractivity contribution in [2.45, 2.75) is 66.0 Å². The number of hydrogen-bond donors (Lipinski definition) is 1. The Labute approximate surface area is 222 Å². The summed E-state index contributed by atoms with van der Waals surface area (Å²) in [6.07, 6.45) is 2.87. The van der Waals surface area contributed by atoms with Crippen molar-refractivity contribution in [1.82, 2.24) is 10.2 Å². The number of carbonyl (C=O) groups excluding carboxylic acids is 2. The molecule has 0 unspecified atom stereocenters. The minimum Gasteiger partial charge on any atom is -0.494 e. The minimum atomic E-state index is -3.56. The van der Waals surface area contributed by atoms with Crippen LogP contribution in [0.25, 0.3) is 0 Å². The average molecular weight is 532 g/mol. The lowest BCUT2D eigenvalue weighted by Crippen LogP contribution is -2.49. The number of nitrogens with one attached hydrogen (secondary N) is 1. The molecule has 9 heteroatoms. The largest absolute Gasteiger partial charge is 0.494 e. The molecule has 2 amide bonds. The highest BCUT2D eigenvalue weighted by Crippen LogP contribution is 2.23. The third kappa shape index (κ3) is 9.07. The summed E-state index contributed by atoms with van der Waals surface area (Å²) < 4.78 is 31.8. The molecule has 0 spiro atoms. The number of anilines is 1. The molecule has 0 heterocycles. The SMILES string of the molecule is CCCNC(=O)[C@@H](CC)N(Cc1ccccc1C)C(=O)CCCN(c1ccc(OCC)cc1)S(C)(=O)=O. The summed E-state index contributed by atoms with van der Waals surface area (Å²) in [6, 6.07) is 14.1. The highest BCUT2D eigenvalue weighted by molar-refractivity contribution is 7.92. The van der Waals surface area contributed by atoms with Crippen LogP contribution in [0.15, 0.2) is 48.5 Å². The summed E-state index contributed by atoms with van der Waals surface area (Å²) >= 11 is 0. The van der Waals surface area contributed by atoms with Crippen molar-refractivity contribution < 1.29 is 22.7 Å². The second-order valence-electron chi connectivity index (χ2n) is 9.03. The Morgan fingerprint density at radius 2 is 1.70 bits per heavy atom. The summed E-state index contributed by atoms with van der Waals surface area (Å²) in [5, 5.41) is 2.92. The second-order valence-corrected chi connectivity index (χ2v) is 10.9. The van der Waals surface area contributed by atoms with Gasteiger partial charge in [0.15, 0.2) is 0 Å². The topological polar surface area (TPSA) is 96.0 Å². The predicted molar refractivity (Wildman–Crippen MR) is 148 cm³/mol. The van der Waals surface area contributed by atoms with Crippen LogP contribution in [0.5, 0.6) is 5.75 Å². The first-order valence-corrected chi connectivity index (χ1v) is 14.8. The summed E-state index contributed by atoms with van der Waals surface area (Å²) in [5.41, 5.74) is 2.54. The Balaban J connectivity index is 2.20. The number of sulfonamides is 1. The van der Waals surface area contributed by atoms with Gasteiger partial charge in [-0.15, -0.1) is 0 Å². The predicted octanol–water partition coefficient (Wildman–Crippen LogP) is 4.27. The van der Waals surface area contributed by atoms with E-state index in [1.165, 1.54) is 4.31 Å². The molecule has 0 aliphatic heterocycles. The lowest BCUT2D eigenvalue weighted by Gasteiger charge is -2.31. The molecule has 0 aliphatic carbocycles. The highest BCUT2D eigenvalue weighted by atomic mass is 32.2. The maximum Gasteiger partial charge on any atom is 0.242 e. The number of rotatable bonds is 15. The van der Waals surface area contributed by atoms with Gasteiger partial charge < -0.3 is 15.0 Å². The van der Waals surface area contributed by atoms with E-state index in [9.17, 15) is 18.0 Å². The van der Waals surface area contributed by atoms with Crippen molar-refractivity contribution in [3.63, 3.8) is 0 Å². The van der Waals surface area contributed by atoms with E-state index < -0.39 is 16.1 Å². The van der Waals surface area contributed by atoms with Crippen LogP contribution in [0, 0.1) is 6.92 Å². The van der Waals surface area contributed by atoms with E-state index in [1.807, 2.05) is 52.0 Å². The number of ether oxygens (including phenoxy) is 1. The maximum atomic E-state index is 13.5. The summed E-state index contributed by atoms with van der Waals surface area (Å²) in [6.45, 7) is 9.27. The van der Waals surface area contributed by atoms with Crippen LogP contribution < -0.4 is 14.4 Å². The second kappa shape index (κ2) is 14.6. The molecule has 2 aromatic carbocycles. The molecule has 8 nitrogen and oxygen atoms in total. The Morgan fingerprint density at radius 1 is 1.03 bits per heavy atom. The Hall–Kier alpha value is -3.07. The van der Waals surface area contributed by atoms with Crippen LogP contribution in [0.3, 0.4) is 0 Å². The molecule has 2 aromatic rings. The number of hydrogen-bond acceptors (Lipinski definition) is 5. The first-order chi connectivity index (χ1) is 17.6. The van der Waals surface area contributed by atoms with Gasteiger partial charge in [0, 0.05) is 26.1 Å². The quantitative estimate of drug-likeness (QED) is 0.370. The van der Waals surface area contributed by atoms with E-state index in [1.54, 1.807) is 29.2 Å². The molecule has 0 fully saturated rings. The van der Waals surface area contributed by atoms with Crippen LogP contribution in [0.1, 0.15) is 57.6 Å². The third-order valence-electron chi connectivity index (χ3n) is 6.12. The van der Waals surface area contributed by atoms with Gasteiger partial charge in [-0.1, -0.05) is 38.1 Å². The fraction of sp³-hybridized carbons (Fsp3) is 0.500. The van der Waals surface area contributed by atoms with Crippen LogP contribution in [-0.2, 0) is 26.2 Å². The van der Waals surface area contributed by atoms with Crippen molar-refractivity contribution in [2.75, 3.05) is 30.3 Å². The molecule has 0 saturated carbocycles. The van der Waals surface area contributed by atoms with Crippen LogP contribution in [-0.4, -0.2) is 57.1 Å². The first kappa shape index (κ1) is 30.2. The number of carbonyl (C=O) groups is 2. The van der Waals surface area contributed by atoms with Gasteiger partial charge in [-0.2, -0.15) is 0 Å². The van der Waals surface area contributed by atoms with Gasteiger partial charge in [0.2, 0.25) is 21.8 Å². The van der Waals surface area contributed by atoms with Gasteiger partial charge >= 0.3 is 0 Å². The van der Waals surface area contributed by atoms with Gasteiger partial charge in [-0.3, -0.25) is 13.9 Å². The maximum absolute atomic E-state index is 13.5. The lowest BCUT2D eigenvalue weighted by molar-refractivity contribution is -0.141.